The first-order valence-electron chi connectivity index (χ1n) is 12.2. The van der Waals surface area contributed by atoms with Crippen LogP contribution in [0.15, 0.2) is 24.3 Å². The number of sulfone groups is 1. The Kier molecular flexibility index (Phi) is 8.25. The number of para-hydroxylation sites is 1. The number of alkyl halides is 3. The highest BCUT2D eigenvalue weighted by Crippen LogP contribution is 2.34. The van der Waals surface area contributed by atoms with Crippen LogP contribution in [0, 0.1) is 16.0 Å². The lowest BCUT2D eigenvalue weighted by Crippen LogP contribution is -2.47. The second kappa shape index (κ2) is 11.3. The third-order valence-corrected chi connectivity index (χ3v) is 8.60. The molecule has 3 N–H and O–H groups in total. The molecule has 4 rings (SSSR count). The van der Waals surface area contributed by atoms with E-state index in [2.05, 4.69) is 24.9 Å². The van der Waals surface area contributed by atoms with E-state index in [0.717, 1.165) is 25.7 Å². The highest BCUT2D eigenvalue weighted by Gasteiger charge is 2.33. The first-order valence-corrected chi connectivity index (χ1v) is 14.0. The van der Waals surface area contributed by atoms with E-state index in [-0.39, 0.29) is 64.5 Å². The zero-order valence-electron chi connectivity index (χ0n) is 20.5. The van der Waals surface area contributed by atoms with Crippen LogP contribution in [0.3, 0.4) is 0 Å². The van der Waals surface area contributed by atoms with Gasteiger partial charge in [-0.2, -0.15) is 4.98 Å². The number of aromatic nitrogens is 2. The zero-order chi connectivity index (χ0) is 27.5. The van der Waals surface area contributed by atoms with Gasteiger partial charge in [-0.1, -0.05) is 18.2 Å². The van der Waals surface area contributed by atoms with E-state index in [1.807, 2.05) is 0 Å². The molecule has 0 spiro atoms. The van der Waals surface area contributed by atoms with Gasteiger partial charge in [-0.3, -0.25) is 15.0 Å². The summed E-state index contributed by atoms with van der Waals surface area (Å²) < 4.78 is 65.6. The minimum Gasteiger partial charge on any atom is -0.405 e. The van der Waals surface area contributed by atoms with E-state index in [9.17, 15) is 31.7 Å². The number of nitrogens with one attached hydrogen (secondary N) is 1. The van der Waals surface area contributed by atoms with E-state index >= 15 is 0 Å². The first kappa shape index (κ1) is 27.8. The lowest BCUT2D eigenvalue weighted by atomic mass is 9.82. The van der Waals surface area contributed by atoms with Crippen molar-refractivity contribution in [2.24, 2.45) is 5.92 Å². The fourth-order valence-corrected chi connectivity index (χ4v) is 6.30. The normalized spacial score (nSPS) is 22.1. The molecule has 2 aliphatic rings. The van der Waals surface area contributed by atoms with Crippen molar-refractivity contribution in [1.29, 1.82) is 0 Å². The van der Waals surface area contributed by atoms with E-state index in [1.165, 1.54) is 18.2 Å². The van der Waals surface area contributed by atoms with Crippen molar-refractivity contribution in [3.63, 3.8) is 0 Å². The summed E-state index contributed by atoms with van der Waals surface area (Å²) in [4.78, 5) is 21.6. The van der Waals surface area contributed by atoms with Gasteiger partial charge in [-0.25, -0.2) is 13.4 Å². The van der Waals surface area contributed by atoms with Gasteiger partial charge in [-0.15, -0.1) is 13.2 Å². The molecule has 0 radical (unpaired) electrons. The van der Waals surface area contributed by atoms with Crippen LogP contribution < -0.4 is 15.8 Å². The summed E-state index contributed by atoms with van der Waals surface area (Å²) in [7, 11) is -2.95. The molecule has 208 valence electrons. The van der Waals surface area contributed by atoms with Gasteiger partial charge in [0.25, 0.3) is 0 Å². The van der Waals surface area contributed by atoms with Gasteiger partial charge in [-0.05, 0) is 44.1 Å². The third-order valence-electron chi connectivity index (χ3n) is 6.99. The minimum absolute atomic E-state index is 0.0341. The largest absolute Gasteiger partial charge is 0.573 e. The van der Waals surface area contributed by atoms with Crippen molar-refractivity contribution in [2.75, 3.05) is 35.6 Å². The number of halogens is 3. The number of hydrogen-bond acceptors (Lipinski definition) is 10. The summed E-state index contributed by atoms with van der Waals surface area (Å²) in [5.41, 5.74) is 5.87. The van der Waals surface area contributed by atoms with E-state index in [1.54, 1.807) is 6.07 Å². The molecule has 2 aromatic rings. The second-order valence-electron chi connectivity index (χ2n) is 9.56. The molecule has 0 amide bonds. The number of nitrogens with two attached hydrogens (primary N) is 1. The van der Waals surface area contributed by atoms with Gasteiger partial charge in [0.1, 0.15) is 11.4 Å². The maximum Gasteiger partial charge on any atom is 0.573 e. The molecule has 2 heterocycles. The Hall–Kier alpha value is -3.20. The molecule has 2 fully saturated rings. The molecule has 1 saturated heterocycles. The van der Waals surface area contributed by atoms with Crippen LogP contribution >= 0.6 is 0 Å². The molecule has 0 unspecified atom stereocenters. The quantitative estimate of drug-likeness (QED) is 0.364. The number of hydrogen-bond donors (Lipinski definition) is 2. The Morgan fingerprint density at radius 1 is 1.13 bits per heavy atom. The van der Waals surface area contributed by atoms with Gasteiger partial charge >= 0.3 is 12.0 Å². The van der Waals surface area contributed by atoms with Gasteiger partial charge in [0, 0.05) is 31.2 Å². The standard InChI is InChI=1S/C23H29F3N6O5S/c24-23(25,26)37-19-4-2-1-3-16(19)14-28-22-29-18(20(32(33)34)21(27)30-22)13-15-5-7-17(8-6-15)31-9-11-38(35,36)12-10-31/h1-4,15,17H,5-14H2,(H3,27,28,29,30)/t15-,17-. The van der Waals surface area contributed by atoms with Gasteiger partial charge in [0.15, 0.2) is 9.84 Å². The highest BCUT2D eigenvalue weighted by atomic mass is 32.2. The fourth-order valence-electron chi connectivity index (χ4n) is 5.07. The maximum atomic E-state index is 12.7. The third kappa shape index (κ3) is 7.22. The predicted molar refractivity (Wildman–Crippen MR) is 133 cm³/mol. The summed E-state index contributed by atoms with van der Waals surface area (Å²) in [6, 6.07) is 5.87. The molecule has 0 bridgehead atoms. The summed E-state index contributed by atoms with van der Waals surface area (Å²) in [5, 5.41) is 14.5. The molecule has 1 aromatic heterocycles. The van der Waals surface area contributed by atoms with Crippen LogP contribution in [0.4, 0.5) is 30.6 Å². The second-order valence-corrected chi connectivity index (χ2v) is 11.9. The molecular weight excluding hydrogens is 529 g/mol. The number of rotatable bonds is 8. The topological polar surface area (TPSA) is 154 Å². The number of nitrogens with zero attached hydrogens (tertiary/aromatic N) is 4. The van der Waals surface area contributed by atoms with Gasteiger partial charge in [0.2, 0.25) is 11.8 Å². The summed E-state index contributed by atoms with van der Waals surface area (Å²) >= 11 is 0. The first-order chi connectivity index (χ1) is 17.9. The minimum atomic E-state index is -4.86. The Morgan fingerprint density at radius 2 is 1.79 bits per heavy atom. The molecule has 15 heteroatoms. The van der Waals surface area contributed by atoms with Gasteiger partial charge in [0.05, 0.1) is 16.4 Å². The van der Waals surface area contributed by atoms with Crippen molar-refractivity contribution in [3.05, 3.63) is 45.6 Å². The van der Waals surface area contributed by atoms with Crippen molar-refractivity contribution in [1.82, 2.24) is 14.9 Å². The average molecular weight is 559 g/mol. The lowest BCUT2D eigenvalue weighted by Gasteiger charge is -2.38. The van der Waals surface area contributed by atoms with E-state index in [0.29, 0.717) is 19.5 Å². The Morgan fingerprint density at radius 3 is 2.42 bits per heavy atom. The molecule has 0 atom stereocenters. The Balaban J connectivity index is 1.43. The molecule has 38 heavy (non-hydrogen) atoms. The lowest BCUT2D eigenvalue weighted by molar-refractivity contribution is -0.385. The molecule has 11 nitrogen and oxygen atoms in total. The molecule has 1 saturated carbocycles. The van der Waals surface area contributed by atoms with Gasteiger partial charge < -0.3 is 15.8 Å². The summed E-state index contributed by atoms with van der Waals surface area (Å²) in [6.45, 7) is 0.926. The number of nitrogen functional groups attached to an aromatic ring is 1. The number of nitro groups is 1. The van der Waals surface area contributed by atoms with Crippen molar-refractivity contribution in [3.8, 4) is 5.75 Å². The maximum absolute atomic E-state index is 12.7. The molecule has 1 aromatic carbocycles. The predicted octanol–water partition coefficient (Wildman–Crippen LogP) is 3.31. The smallest absolute Gasteiger partial charge is 0.405 e. The van der Waals surface area contributed by atoms with Crippen LogP contribution in [0.5, 0.6) is 5.75 Å². The van der Waals surface area contributed by atoms with Crippen molar-refractivity contribution >= 4 is 27.3 Å². The van der Waals surface area contributed by atoms with Crippen LogP contribution in [-0.2, 0) is 22.8 Å². The molecule has 1 aliphatic heterocycles. The molecular formula is C23H29F3N6O5S. The van der Waals surface area contributed by atoms with Crippen LogP contribution in [0.1, 0.15) is 36.9 Å². The number of anilines is 2. The highest BCUT2D eigenvalue weighted by molar-refractivity contribution is 7.91. The van der Waals surface area contributed by atoms with Crippen LogP contribution in [-0.4, -0.2) is 65.2 Å². The summed E-state index contributed by atoms with van der Waals surface area (Å²) in [5.74, 6) is -0.296. The van der Waals surface area contributed by atoms with Crippen LogP contribution in [0.2, 0.25) is 0 Å². The SMILES string of the molecule is Nc1nc(NCc2ccccc2OC(F)(F)F)nc(C[C@H]2CC[C@H](N3CCS(=O)(=O)CC3)CC2)c1[N+](=O)[O-]. The van der Waals surface area contributed by atoms with Crippen LogP contribution in [0.25, 0.3) is 0 Å². The fraction of sp³-hybridized carbons (Fsp3) is 0.565. The molecule has 1 aliphatic carbocycles. The Labute approximate surface area is 217 Å². The number of benzene rings is 1. The number of ether oxygens (including phenoxy) is 1. The van der Waals surface area contributed by atoms with Crippen molar-refractivity contribution in [2.45, 2.75) is 51.1 Å². The summed E-state index contributed by atoms with van der Waals surface area (Å²) in [6.07, 6.45) is -1.28. The van der Waals surface area contributed by atoms with Crippen molar-refractivity contribution < 1.29 is 31.2 Å². The van der Waals surface area contributed by atoms with E-state index < -0.39 is 21.1 Å². The average Bonchev–Trinajstić information content (AvgIpc) is 2.83. The zero-order valence-corrected chi connectivity index (χ0v) is 21.3. The monoisotopic (exact) mass is 558 g/mol. The Bertz CT molecular complexity index is 1250. The van der Waals surface area contributed by atoms with E-state index in [4.69, 9.17) is 5.73 Å².